The smallest absolute Gasteiger partial charge is 0.710 e. The number of ether oxygens (including phenoxy) is 1. The molecule has 0 amide bonds. The van der Waals surface area contributed by atoms with E-state index in [0.29, 0.717) is 0 Å². The van der Waals surface area contributed by atoms with Crippen LogP contribution in [-0.2, 0) is 13.9 Å². The van der Waals surface area contributed by atoms with Gasteiger partial charge in [0.25, 0.3) is 0 Å². The zero-order valence-electron chi connectivity index (χ0n) is 7.20. The first-order valence-electron chi connectivity index (χ1n) is 2.92. The van der Waals surface area contributed by atoms with Gasteiger partial charge in [0.1, 0.15) is 0 Å². The molecule has 0 saturated heterocycles. The van der Waals surface area contributed by atoms with Gasteiger partial charge in [-0.2, -0.15) is 0 Å². The summed E-state index contributed by atoms with van der Waals surface area (Å²) in [7, 11) is 0. The molecular formula is C5H9NaO5S. The van der Waals surface area contributed by atoms with E-state index in [0.717, 1.165) is 6.92 Å². The third kappa shape index (κ3) is 5.36. The van der Waals surface area contributed by atoms with Crippen LogP contribution in [0.3, 0.4) is 0 Å². The van der Waals surface area contributed by atoms with Gasteiger partial charge in [-0.05, 0) is 13.8 Å². The van der Waals surface area contributed by atoms with Gasteiger partial charge in [0.05, 0.1) is 6.61 Å². The molecule has 0 aromatic rings. The molecular weight excluding hydrogens is 195 g/mol. The van der Waals surface area contributed by atoms with E-state index in [4.69, 9.17) is 5.11 Å². The third-order valence-electron chi connectivity index (χ3n) is 0.850. The van der Waals surface area contributed by atoms with Gasteiger partial charge in [-0.1, -0.05) is 0 Å². The van der Waals surface area contributed by atoms with Crippen molar-refractivity contribution in [2.45, 2.75) is 18.8 Å². The molecule has 66 valence electrons. The van der Waals surface area contributed by atoms with E-state index in [1.165, 1.54) is 0 Å². The standard InChI is InChI=1S/C5H10O5S.Na/c1-3-9-4(6)5(2,7)11-10-8;/h7-8H,3H2,1-2H3;/q;+1/p-1. The number of esters is 1. The second-order valence-electron chi connectivity index (χ2n) is 1.85. The fraction of sp³-hybridized carbons (Fsp3) is 0.800. The number of rotatable bonds is 4. The zero-order chi connectivity index (χ0) is 8.91. The van der Waals surface area contributed by atoms with E-state index in [9.17, 15) is 10.1 Å². The van der Waals surface area contributed by atoms with Crippen LogP contribution in [0.4, 0.5) is 0 Å². The summed E-state index contributed by atoms with van der Waals surface area (Å²) < 4.78 is 7.72. The van der Waals surface area contributed by atoms with E-state index in [2.05, 4.69) is 9.07 Å². The van der Waals surface area contributed by atoms with Gasteiger partial charge in [0.2, 0.25) is 4.93 Å². The van der Waals surface area contributed by atoms with Crippen molar-refractivity contribution < 1.29 is 53.8 Å². The fourth-order valence-electron chi connectivity index (χ4n) is 0.365. The molecule has 0 spiro atoms. The average Bonchev–Trinajstić information content (AvgIpc) is 1.88. The van der Waals surface area contributed by atoms with Crippen LogP contribution < -0.4 is 34.8 Å². The average molecular weight is 204 g/mol. The number of hydrogen-bond donors (Lipinski definition) is 1. The van der Waals surface area contributed by atoms with Gasteiger partial charge in [-0.25, -0.2) is 4.79 Å². The Morgan fingerprint density at radius 2 is 2.25 bits per heavy atom. The Balaban J connectivity index is 0. The molecule has 0 aromatic carbocycles. The van der Waals surface area contributed by atoms with Crippen LogP contribution >= 0.6 is 12.0 Å². The van der Waals surface area contributed by atoms with Crippen molar-refractivity contribution in [1.82, 2.24) is 0 Å². The summed E-state index contributed by atoms with van der Waals surface area (Å²) in [4.78, 5) is 8.82. The molecule has 0 aliphatic heterocycles. The van der Waals surface area contributed by atoms with Crippen LogP contribution in [0.15, 0.2) is 0 Å². The molecule has 0 aliphatic carbocycles. The summed E-state index contributed by atoms with van der Waals surface area (Å²) in [5.41, 5.74) is 0. The first-order valence-corrected chi connectivity index (χ1v) is 3.66. The molecule has 1 N–H and O–H groups in total. The molecule has 0 bridgehead atoms. The molecule has 1 atom stereocenters. The number of carbonyl (C=O) groups is 1. The summed E-state index contributed by atoms with van der Waals surface area (Å²) in [5.74, 6) is -0.888. The number of hydrogen-bond acceptors (Lipinski definition) is 6. The van der Waals surface area contributed by atoms with Gasteiger partial charge in [0, 0.05) is 12.0 Å². The van der Waals surface area contributed by atoms with Gasteiger partial charge in [-0.3, -0.25) is 0 Å². The largest absolute Gasteiger partial charge is 1.00 e. The van der Waals surface area contributed by atoms with E-state index in [-0.39, 0.29) is 48.2 Å². The van der Waals surface area contributed by atoms with Crippen molar-refractivity contribution in [3.63, 3.8) is 0 Å². The van der Waals surface area contributed by atoms with E-state index >= 15 is 0 Å². The second kappa shape index (κ2) is 7.14. The summed E-state index contributed by atoms with van der Waals surface area (Å²) in [6.07, 6.45) is 0. The molecule has 0 aromatic heterocycles. The van der Waals surface area contributed by atoms with Crippen LogP contribution in [0.2, 0.25) is 0 Å². The predicted octanol–water partition coefficient (Wildman–Crippen LogP) is -3.80. The Bertz CT molecular complexity index is 140. The molecule has 7 heteroatoms. The molecule has 0 aliphatic rings. The SMILES string of the molecule is CCOC(=O)C(C)(O)SO[O-].[Na+]. The van der Waals surface area contributed by atoms with Crippen LogP contribution in [0.25, 0.3) is 0 Å². The van der Waals surface area contributed by atoms with Crippen LogP contribution in [-0.4, -0.2) is 22.6 Å². The minimum atomic E-state index is -1.92. The first-order chi connectivity index (χ1) is 5.04. The minimum Gasteiger partial charge on any atom is -0.710 e. The van der Waals surface area contributed by atoms with Crippen molar-refractivity contribution in [3.8, 4) is 0 Å². The molecule has 0 rings (SSSR count). The molecule has 12 heavy (non-hydrogen) atoms. The maximum atomic E-state index is 10.7. The Hall–Kier alpha value is 0.700. The maximum absolute atomic E-state index is 10.7. The predicted molar refractivity (Wildman–Crippen MR) is 35.9 cm³/mol. The van der Waals surface area contributed by atoms with Gasteiger partial charge >= 0.3 is 35.5 Å². The van der Waals surface area contributed by atoms with Gasteiger partial charge in [-0.15, -0.1) is 0 Å². The van der Waals surface area contributed by atoms with Gasteiger partial charge in [0.15, 0.2) is 0 Å². The Labute approximate surface area is 96.9 Å². The van der Waals surface area contributed by atoms with Gasteiger partial charge < -0.3 is 19.4 Å². The van der Waals surface area contributed by atoms with Crippen molar-refractivity contribution in [2.24, 2.45) is 0 Å². The maximum Gasteiger partial charge on any atom is 1.00 e. The third-order valence-corrected chi connectivity index (χ3v) is 1.41. The van der Waals surface area contributed by atoms with Crippen LogP contribution in [0.5, 0.6) is 0 Å². The minimum absolute atomic E-state index is 0. The number of carbonyl (C=O) groups excluding carboxylic acids is 1. The normalized spacial score (nSPS) is 14.3. The summed E-state index contributed by atoms with van der Waals surface area (Å²) in [6.45, 7) is 2.86. The molecule has 0 saturated carbocycles. The first kappa shape index (κ1) is 15.2. The molecule has 5 nitrogen and oxygen atoms in total. The summed E-state index contributed by atoms with van der Waals surface area (Å²) >= 11 is 0.107. The molecule has 1 unspecified atom stereocenters. The van der Waals surface area contributed by atoms with Crippen molar-refractivity contribution in [2.75, 3.05) is 6.61 Å². The van der Waals surface area contributed by atoms with E-state index in [1.807, 2.05) is 0 Å². The zero-order valence-corrected chi connectivity index (χ0v) is 10.0. The monoisotopic (exact) mass is 204 g/mol. The molecule has 0 radical (unpaired) electrons. The van der Waals surface area contributed by atoms with Crippen molar-refractivity contribution in [3.05, 3.63) is 0 Å². The van der Waals surface area contributed by atoms with Crippen LogP contribution in [0.1, 0.15) is 13.8 Å². The Morgan fingerprint density at radius 1 is 1.75 bits per heavy atom. The van der Waals surface area contributed by atoms with E-state index < -0.39 is 10.9 Å². The molecule has 0 heterocycles. The summed E-state index contributed by atoms with van der Waals surface area (Å²) in [6, 6.07) is 0. The number of aliphatic hydroxyl groups is 1. The second-order valence-corrected chi connectivity index (χ2v) is 2.95. The topological polar surface area (TPSA) is 78.8 Å². The Kier molecular flexibility index (Phi) is 9.03. The van der Waals surface area contributed by atoms with E-state index in [1.54, 1.807) is 6.92 Å². The quantitative estimate of drug-likeness (QED) is 0.126. The van der Waals surface area contributed by atoms with Crippen molar-refractivity contribution in [1.29, 1.82) is 0 Å². The summed E-state index contributed by atoms with van der Waals surface area (Å²) in [5, 5.41) is 18.6. The fourth-order valence-corrected chi connectivity index (χ4v) is 0.625. The van der Waals surface area contributed by atoms with Crippen LogP contribution in [0, 0.1) is 0 Å². The van der Waals surface area contributed by atoms with Crippen molar-refractivity contribution >= 4 is 18.0 Å². The Morgan fingerprint density at radius 3 is 2.58 bits per heavy atom. The molecule has 0 fully saturated rings.